The molecule has 4 aromatic rings. The van der Waals surface area contributed by atoms with Crippen molar-refractivity contribution in [1.82, 2.24) is 14.7 Å². The van der Waals surface area contributed by atoms with Crippen LogP contribution in [-0.2, 0) is 16.1 Å². The molecule has 0 radical (unpaired) electrons. The minimum Gasteiger partial charge on any atom is -0.465 e. The standard InChI is InChI=1S/C22H18N4O5S/c1-13-3-5-14(6-4-13)20-24-21(31-25-20)15-7-8-18(28)26(11-15)12-17(27)23-16-9-10-32-19(16)22(29)30-2/h3-11H,12H2,1-2H3,(H,23,27). The smallest absolute Gasteiger partial charge is 0.350 e. The van der Waals surface area contributed by atoms with E-state index in [0.717, 1.165) is 22.5 Å². The lowest BCUT2D eigenvalue weighted by Gasteiger charge is -2.08. The molecule has 1 amide bonds. The fourth-order valence-corrected chi connectivity index (χ4v) is 3.71. The van der Waals surface area contributed by atoms with Gasteiger partial charge in [-0.1, -0.05) is 35.0 Å². The van der Waals surface area contributed by atoms with Crippen LogP contribution < -0.4 is 10.9 Å². The van der Waals surface area contributed by atoms with E-state index in [0.29, 0.717) is 17.1 Å². The number of nitrogens with zero attached hydrogens (tertiary/aromatic N) is 3. The first-order chi connectivity index (χ1) is 15.4. The van der Waals surface area contributed by atoms with Crippen molar-refractivity contribution in [3.05, 3.63) is 74.8 Å². The van der Waals surface area contributed by atoms with Gasteiger partial charge in [0.2, 0.25) is 11.7 Å². The van der Waals surface area contributed by atoms with Crippen LogP contribution in [0.25, 0.3) is 22.8 Å². The van der Waals surface area contributed by atoms with Crippen molar-refractivity contribution in [2.24, 2.45) is 0 Å². The van der Waals surface area contributed by atoms with Gasteiger partial charge in [-0.15, -0.1) is 11.3 Å². The predicted molar refractivity (Wildman–Crippen MR) is 118 cm³/mol. The Morgan fingerprint density at radius 2 is 1.88 bits per heavy atom. The lowest BCUT2D eigenvalue weighted by molar-refractivity contribution is -0.116. The van der Waals surface area contributed by atoms with Crippen molar-refractivity contribution in [2.45, 2.75) is 13.5 Å². The van der Waals surface area contributed by atoms with Crippen molar-refractivity contribution in [3.63, 3.8) is 0 Å². The number of anilines is 1. The molecule has 1 aromatic carbocycles. The van der Waals surface area contributed by atoms with E-state index in [2.05, 4.69) is 15.5 Å². The Morgan fingerprint density at radius 3 is 2.62 bits per heavy atom. The topological polar surface area (TPSA) is 116 Å². The number of hydrogen-bond donors (Lipinski definition) is 1. The van der Waals surface area contributed by atoms with Crippen LogP contribution in [0.15, 0.2) is 63.4 Å². The third-order valence-electron chi connectivity index (χ3n) is 4.59. The van der Waals surface area contributed by atoms with Gasteiger partial charge in [0, 0.05) is 17.8 Å². The van der Waals surface area contributed by atoms with Crippen molar-refractivity contribution in [2.75, 3.05) is 12.4 Å². The van der Waals surface area contributed by atoms with Gasteiger partial charge in [-0.2, -0.15) is 4.98 Å². The number of aryl methyl sites for hydroxylation is 1. The maximum absolute atomic E-state index is 12.5. The molecule has 1 N–H and O–H groups in total. The molecule has 0 fully saturated rings. The molecule has 0 saturated carbocycles. The summed E-state index contributed by atoms with van der Waals surface area (Å²) in [7, 11) is 1.26. The summed E-state index contributed by atoms with van der Waals surface area (Å²) in [4.78, 5) is 41.2. The van der Waals surface area contributed by atoms with Crippen LogP contribution in [0.4, 0.5) is 5.69 Å². The van der Waals surface area contributed by atoms with Crippen molar-refractivity contribution in [3.8, 4) is 22.8 Å². The van der Waals surface area contributed by atoms with Gasteiger partial charge in [-0.25, -0.2) is 4.79 Å². The molecule has 10 heteroatoms. The zero-order valence-electron chi connectivity index (χ0n) is 17.2. The van der Waals surface area contributed by atoms with Gasteiger partial charge in [-0.3, -0.25) is 9.59 Å². The molecule has 0 bridgehead atoms. The number of carbonyl (C=O) groups excluding carboxylic acids is 2. The van der Waals surface area contributed by atoms with E-state index in [4.69, 9.17) is 9.26 Å². The average molecular weight is 450 g/mol. The number of methoxy groups -OCH3 is 1. The third-order valence-corrected chi connectivity index (χ3v) is 5.48. The molecule has 4 rings (SSSR count). The zero-order chi connectivity index (χ0) is 22.7. The minimum absolute atomic E-state index is 0.223. The van der Waals surface area contributed by atoms with Crippen LogP contribution in [0.5, 0.6) is 0 Å². The van der Waals surface area contributed by atoms with E-state index in [9.17, 15) is 14.4 Å². The summed E-state index contributed by atoms with van der Waals surface area (Å²) in [6.45, 7) is 1.72. The zero-order valence-corrected chi connectivity index (χ0v) is 18.0. The highest BCUT2D eigenvalue weighted by molar-refractivity contribution is 7.12. The van der Waals surface area contributed by atoms with E-state index >= 15 is 0 Å². The number of ether oxygens (including phenoxy) is 1. The Hall–Kier alpha value is -4.05. The number of aromatic nitrogens is 3. The summed E-state index contributed by atoms with van der Waals surface area (Å²) in [6, 6.07) is 12.1. The Morgan fingerprint density at radius 1 is 1.12 bits per heavy atom. The number of hydrogen-bond acceptors (Lipinski definition) is 8. The monoisotopic (exact) mass is 450 g/mol. The predicted octanol–water partition coefficient (Wildman–Crippen LogP) is 3.36. The highest BCUT2D eigenvalue weighted by Gasteiger charge is 2.17. The van der Waals surface area contributed by atoms with Crippen LogP contribution in [0.3, 0.4) is 0 Å². The van der Waals surface area contributed by atoms with Gasteiger partial charge in [0.1, 0.15) is 11.4 Å². The third kappa shape index (κ3) is 4.49. The van der Waals surface area contributed by atoms with E-state index in [1.165, 1.54) is 23.9 Å². The summed E-state index contributed by atoms with van der Waals surface area (Å²) in [6.07, 6.45) is 1.48. The number of nitrogens with one attached hydrogen (secondary N) is 1. The largest absolute Gasteiger partial charge is 0.465 e. The second-order valence-corrected chi connectivity index (χ2v) is 7.79. The Labute approximate surface area is 186 Å². The van der Waals surface area contributed by atoms with Gasteiger partial charge in [0.05, 0.1) is 18.4 Å². The fourth-order valence-electron chi connectivity index (χ4n) is 2.94. The number of esters is 1. The van der Waals surface area contributed by atoms with Gasteiger partial charge >= 0.3 is 5.97 Å². The molecule has 3 aromatic heterocycles. The van der Waals surface area contributed by atoms with Crippen LogP contribution in [0.2, 0.25) is 0 Å². The van der Waals surface area contributed by atoms with Gasteiger partial charge < -0.3 is 19.1 Å². The van der Waals surface area contributed by atoms with E-state index in [1.807, 2.05) is 31.2 Å². The number of pyridine rings is 1. The number of thiophene rings is 1. The normalized spacial score (nSPS) is 10.7. The van der Waals surface area contributed by atoms with Gasteiger partial charge in [0.15, 0.2) is 0 Å². The molecule has 9 nitrogen and oxygen atoms in total. The van der Waals surface area contributed by atoms with E-state index in [1.54, 1.807) is 17.5 Å². The molecule has 0 unspecified atom stereocenters. The number of amides is 1. The molecular weight excluding hydrogens is 432 g/mol. The maximum Gasteiger partial charge on any atom is 0.350 e. The van der Waals surface area contributed by atoms with E-state index < -0.39 is 11.9 Å². The average Bonchev–Trinajstić information content (AvgIpc) is 3.45. The highest BCUT2D eigenvalue weighted by Crippen LogP contribution is 2.24. The second kappa shape index (κ2) is 8.98. The lowest BCUT2D eigenvalue weighted by atomic mass is 10.1. The fraction of sp³-hybridized carbons (Fsp3) is 0.136. The SMILES string of the molecule is COC(=O)c1sccc1NC(=O)Cn1cc(-c2nc(-c3ccc(C)cc3)no2)ccc1=O. The summed E-state index contributed by atoms with van der Waals surface area (Å²) >= 11 is 1.15. The van der Waals surface area contributed by atoms with Crippen LogP contribution >= 0.6 is 11.3 Å². The molecule has 0 spiro atoms. The molecular formula is C22H18N4O5S. The van der Waals surface area contributed by atoms with Gasteiger partial charge in [-0.05, 0) is 24.4 Å². The molecule has 3 heterocycles. The molecule has 0 atom stereocenters. The molecule has 0 aliphatic rings. The van der Waals surface area contributed by atoms with Crippen molar-refractivity contribution >= 4 is 28.9 Å². The summed E-state index contributed by atoms with van der Waals surface area (Å²) in [5.41, 5.74) is 2.37. The van der Waals surface area contributed by atoms with Crippen LogP contribution in [0, 0.1) is 6.92 Å². The highest BCUT2D eigenvalue weighted by atomic mass is 32.1. The quantitative estimate of drug-likeness (QED) is 0.448. The maximum atomic E-state index is 12.5. The summed E-state index contributed by atoms with van der Waals surface area (Å²) in [5, 5.41) is 8.29. The summed E-state index contributed by atoms with van der Waals surface area (Å²) < 4.78 is 11.3. The number of benzene rings is 1. The molecule has 162 valence electrons. The Balaban J connectivity index is 1.53. The lowest BCUT2D eigenvalue weighted by Crippen LogP contribution is -2.27. The first-order valence-corrected chi connectivity index (χ1v) is 10.4. The van der Waals surface area contributed by atoms with Crippen LogP contribution in [0.1, 0.15) is 15.2 Å². The first kappa shape index (κ1) is 21.2. The molecule has 0 aliphatic carbocycles. The molecule has 0 aliphatic heterocycles. The number of carbonyl (C=O) groups is 2. The molecule has 0 saturated heterocycles. The van der Waals surface area contributed by atoms with Crippen molar-refractivity contribution < 1.29 is 18.8 Å². The van der Waals surface area contributed by atoms with Crippen molar-refractivity contribution in [1.29, 1.82) is 0 Å². The second-order valence-electron chi connectivity index (χ2n) is 6.88. The summed E-state index contributed by atoms with van der Waals surface area (Å²) in [5.74, 6) is -0.377. The Bertz CT molecular complexity index is 1340. The van der Waals surface area contributed by atoms with Crippen LogP contribution in [-0.4, -0.2) is 33.7 Å². The first-order valence-electron chi connectivity index (χ1n) is 9.52. The number of rotatable bonds is 6. The minimum atomic E-state index is -0.546. The van der Waals surface area contributed by atoms with Gasteiger partial charge in [0.25, 0.3) is 11.4 Å². The van der Waals surface area contributed by atoms with E-state index in [-0.39, 0.29) is 22.9 Å². The Kier molecular flexibility index (Phi) is 5.95. The molecule has 32 heavy (non-hydrogen) atoms.